The maximum absolute atomic E-state index is 11.4. The van der Waals surface area contributed by atoms with E-state index in [1.54, 1.807) is 37.5 Å². The molecule has 0 fully saturated rings. The third kappa shape index (κ3) is 7.18. The molecule has 0 atom stereocenters. The lowest BCUT2D eigenvalue weighted by atomic mass is 10.0. The van der Waals surface area contributed by atoms with E-state index in [0.29, 0.717) is 12.0 Å². The maximum Gasteiger partial charge on any atom is 0.161 e. The van der Waals surface area contributed by atoms with Crippen molar-refractivity contribution < 1.29 is 14.7 Å². The van der Waals surface area contributed by atoms with Gasteiger partial charge >= 0.3 is 0 Å². The number of carbonyl (C=O) groups excluding carboxylic acids is 2. The Balaban J connectivity index is 0.000000323. The van der Waals surface area contributed by atoms with E-state index >= 15 is 0 Å². The number of ketones is 1. The third-order valence-corrected chi connectivity index (χ3v) is 4.65. The number of benzene rings is 3. The summed E-state index contributed by atoms with van der Waals surface area (Å²) in [5.74, 6) is 0.0211. The van der Waals surface area contributed by atoms with Crippen LogP contribution in [-0.4, -0.2) is 37.6 Å². The summed E-state index contributed by atoms with van der Waals surface area (Å²) >= 11 is 0. The summed E-state index contributed by atoms with van der Waals surface area (Å²) in [5, 5.41) is 12.5. The fourth-order valence-corrected chi connectivity index (χ4v) is 3.00. The first-order valence-electron chi connectivity index (χ1n) is 9.94. The molecular formula is C27H31N3O3. The molecule has 6 heteroatoms. The van der Waals surface area contributed by atoms with Crippen molar-refractivity contribution in [2.75, 3.05) is 24.3 Å². The van der Waals surface area contributed by atoms with Crippen LogP contribution in [0.4, 0.5) is 11.4 Å². The molecule has 0 heterocycles. The summed E-state index contributed by atoms with van der Waals surface area (Å²) < 4.78 is 0. The van der Waals surface area contributed by atoms with E-state index in [1.807, 2.05) is 43.4 Å². The van der Waals surface area contributed by atoms with Gasteiger partial charge in [0.05, 0.1) is 17.6 Å². The van der Waals surface area contributed by atoms with Gasteiger partial charge in [0.15, 0.2) is 12.1 Å². The average molecular weight is 446 g/mol. The highest BCUT2D eigenvalue weighted by Gasteiger charge is 2.07. The minimum atomic E-state index is -0.0566. The summed E-state index contributed by atoms with van der Waals surface area (Å²) in [6.07, 6.45) is 3.72. The van der Waals surface area contributed by atoms with Crippen LogP contribution >= 0.6 is 0 Å². The Bertz CT molecular complexity index is 1110. The van der Waals surface area contributed by atoms with Gasteiger partial charge in [0.1, 0.15) is 5.75 Å². The molecule has 2 N–H and O–H groups in total. The van der Waals surface area contributed by atoms with Gasteiger partial charge in [0.25, 0.3) is 0 Å². The van der Waals surface area contributed by atoms with Crippen LogP contribution in [0, 0.1) is 0 Å². The quantitative estimate of drug-likeness (QED) is 0.200. The lowest BCUT2D eigenvalue weighted by Crippen LogP contribution is -2.12. The predicted octanol–water partition coefficient (Wildman–Crippen LogP) is 6.05. The molecule has 0 radical (unpaired) electrons. The Hall–Kier alpha value is -4.19. The molecule has 3 rings (SSSR count). The predicted molar refractivity (Wildman–Crippen MR) is 139 cm³/mol. The van der Waals surface area contributed by atoms with Crippen LogP contribution in [0.1, 0.15) is 35.1 Å². The van der Waals surface area contributed by atoms with Crippen LogP contribution in [0.2, 0.25) is 0 Å². The molecule has 0 unspecified atom stereocenters. The van der Waals surface area contributed by atoms with Crippen LogP contribution in [0.5, 0.6) is 5.75 Å². The van der Waals surface area contributed by atoms with Gasteiger partial charge in [-0.15, -0.1) is 0 Å². The van der Waals surface area contributed by atoms with Crippen molar-refractivity contribution in [1.82, 2.24) is 0 Å². The maximum atomic E-state index is 11.4. The Kier molecular flexibility index (Phi) is 10.8. The van der Waals surface area contributed by atoms with Gasteiger partial charge in [-0.1, -0.05) is 50.4 Å². The van der Waals surface area contributed by atoms with Gasteiger partial charge in [-0.2, -0.15) is 0 Å². The number of aliphatic imine (C=N–C) groups is 1. The van der Waals surface area contributed by atoms with Gasteiger partial charge in [-0.3, -0.25) is 14.6 Å². The van der Waals surface area contributed by atoms with Crippen molar-refractivity contribution in [3.63, 3.8) is 0 Å². The lowest BCUT2D eigenvalue weighted by molar-refractivity contribution is 0.101. The molecule has 0 saturated heterocycles. The summed E-state index contributed by atoms with van der Waals surface area (Å²) in [5.41, 5.74) is 4.82. The largest absolute Gasteiger partial charge is 0.507 e. The standard InChI is InChI=1S/C15H15NO.C11H12N2O2.CH4/c1-11(17)14-9-8-13(10-15(14)16-2)12-6-4-3-5-7-12;1-3-13(8-12-2)10-5-4-9(7-14)11(15)6-10;/h3-10,16H,1-2H3;3-8,15H,1H2,2H3;1H4. The van der Waals surface area contributed by atoms with Crippen molar-refractivity contribution in [2.24, 2.45) is 4.99 Å². The van der Waals surface area contributed by atoms with Crippen LogP contribution in [0.25, 0.3) is 11.1 Å². The highest BCUT2D eigenvalue weighted by molar-refractivity contribution is 6.00. The average Bonchev–Trinajstić information content (AvgIpc) is 2.83. The van der Waals surface area contributed by atoms with Gasteiger partial charge in [0, 0.05) is 37.6 Å². The van der Waals surface area contributed by atoms with Crippen LogP contribution in [-0.2, 0) is 0 Å². The fourth-order valence-electron chi connectivity index (χ4n) is 3.00. The molecule has 6 nitrogen and oxygen atoms in total. The molecule has 0 aromatic heterocycles. The van der Waals surface area contributed by atoms with Gasteiger partial charge in [0.2, 0.25) is 0 Å². The number of nitrogens with zero attached hydrogens (tertiary/aromatic N) is 2. The molecule has 0 spiro atoms. The Morgan fingerprint density at radius 2 is 1.76 bits per heavy atom. The zero-order valence-corrected chi connectivity index (χ0v) is 18.4. The minimum absolute atomic E-state index is 0. The number of aldehydes is 1. The number of rotatable bonds is 7. The number of aromatic hydroxyl groups is 1. The van der Waals surface area contributed by atoms with Crippen LogP contribution in [0.3, 0.4) is 0 Å². The molecule has 3 aromatic rings. The van der Waals surface area contributed by atoms with E-state index in [4.69, 9.17) is 0 Å². The monoisotopic (exact) mass is 445 g/mol. The number of hydrogen-bond acceptors (Lipinski definition) is 5. The highest BCUT2D eigenvalue weighted by Crippen LogP contribution is 2.26. The topological polar surface area (TPSA) is 82.0 Å². The van der Waals surface area contributed by atoms with E-state index in [9.17, 15) is 14.7 Å². The number of carbonyl (C=O) groups is 2. The summed E-state index contributed by atoms with van der Waals surface area (Å²) in [7, 11) is 3.46. The van der Waals surface area contributed by atoms with Crippen molar-refractivity contribution in [2.45, 2.75) is 14.4 Å². The Labute approximate surface area is 195 Å². The minimum Gasteiger partial charge on any atom is -0.507 e. The molecule has 33 heavy (non-hydrogen) atoms. The molecule has 0 amide bonds. The first-order chi connectivity index (χ1) is 15.4. The fraction of sp³-hybridized carbons (Fsp3) is 0.148. The summed E-state index contributed by atoms with van der Waals surface area (Å²) in [6.45, 7) is 5.19. The third-order valence-electron chi connectivity index (χ3n) is 4.65. The number of Topliss-reactive ketones (excluding diaryl/α,β-unsaturated/α-hetero) is 1. The van der Waals surface area contributed by atoms with Crippen LogP contribution < -0.4 is 10.2 Å². The number of phenolic OH excluding ortho intramolecular Hbond substituents is 1. The molecule has 0 aliphatic heterocycles. The summed E-state index contributed by atoms with van der Waals surface area (Å²) in [4.78, 5) is 27.4. The van der Waals surface area contributed by atoms with E-state index in [0.717, 1.165) is 22.4 Å². The normalized spacial score (nSPS) is 9.79. The second kappa shape index (κ2) is 13.3. The number of anilines is 2. The Morgan fingerprint density at radius 3 is 2.27 bits per heavy atom. The smallest absolute Gasteiger partial charge is 0.161 e. The molecule has 3 aromatic carbocycles. The van der Waals surface area contributed by atoms with Crippen molar-refractivity contribution in [1.29, 1.82) is 0 Å². The van der Waals surface area contributed by atoms with E-state index in [1.165, 1.54) is 12.1 Å². The van der Waals surface area contributed by atoms with Crippen molar-refractivity contribution in [3.8, 4) is 16.9 Å². The van der Waals surface area contributed by atoms with E-state index in [-0.39, 0.29) is 24.5 Å². The van der Waals surface area contributed by atoms with Gasteiger partial charge < -0.3 is 15.3 Å². The lowest BCUT2D eigenvalue weighted by Gasteiger charge is -2.14. The molecular weight excluding hydrogens is 414 g/mol. The number of hydrogen-bond donors (Lipinski definition) is 2. The van der Waals surface area contributed by atoms with Gasteiger partial charge in [-0.05, 0) is 42.3 Å². The molecule has 0 saturated carbocycles. The van der Waals surface area contributed by atoms with Crippen molar-refractivity contribution in [3.05, 3.63) is 90.6 Å². The molecule has 172 valence electrons. The van der Waals surface area contributed by atoms with E-state index < -0.39 is 0 Å². The highest BCUT2D eigenvalue weighted by atomic mass is 16.3. The molecule has 0 aliphatic rings. The zero-order chi connectivity index (χ0) is 23.5. The first kappa shape index (κ1) is 26.8. The first-order valence-corrected chi connectivity index (χ1v) is 9.94. The second-order valence-electron chi connectivity index (χ2n) is 6.76. The second-order valence-corrected chi connectivity index (χ2v) is 6.76. The van der Waals surface area contributed by atoms with Crippen LogP contribution in [0.15, 0.2) is 84.5 Å². The number of nitrogens with one attached hydrogen (secondary N) is 1. The van der Waals surface area contributed by atoms with Gasteiger partial charge in [-0.25, -0.2) is 0 Å². The van der Waals surface area contributed by atoms with Crippen molar-refractivity contribution >= 4 is 29.8 Å². The summed E-state index contributed by atoms with van der Waals surface area (Å²) in [6, 6.07) is 20.7. The zero-order valence-electron chi connectivity index (χ0n) is 18.4. The Morgan fingerprint density at radius 1 is 1.06 bits per heavy atom. The number of phenols is 1. The SMILES string of the molecule is C.C=CN(C=NC)c1ccc(C=O)c(O)c1.CNc1cc(-c2ccccc2)ccc1C(C)=O. The van der Waals surface area contributed by atoms with E-state index in [2.05, 4.69) is 29.0 Å². The molecule has 0 aliphatic carbocycles. The molecule has 0 bridgehead atoms.